The maximum atomic E-state index is 13.7. The molecule has 1 aliphatic rings. The van der Waals surface area contributed by atoms with Crippen molar-refractivity contribution in [3.05, 3.63) is 39.6 Å². The van der Waals surface area contributed by atoms with E-state index in [9.17, 15) is 14.0 Å². The van der Waals surface area contributed by atoms with Gasteiger partial charge in [-0.3, -0.25) is 4.79 Å². The van der Waals surface area contributed by atoms with Crippen molar-refractivity contribution in [3.8, 4) is 0 Å². The van der Waals surface area contributed by atoms with Crippen molar-refractivity contribution in [2.75, 3.05) is 6.61 Å². The van der Waals surface area contributed by atoms with Gasteiger partial charge in [-0.25, -0.2) is 14.2 Å². The van der Waals surface area contributed by atoms with Crippen LogP contribution < -0.4 is 5.43 Å². The number of carbonyl (C=O) groups excluding carboxylic acids is 1. The molecule has 0 unspecified atom stereocenters. The van der Waals surface area contributed by atoms with Crippen LogP contribution in [0.1, 0.15) is 41.9 Å². The van der Waals surface area contributed by atoms with Crippen molar-refractivity contribution in [1.82, 2.24) is 9.55 Å². The lowest BCUT2D eigenvalue weighted by atomic mass is 10.1. The first-order valence-corrected chi connectivity index (χ1v) is 6.92. The van der Waals surface area contributed by atoms with Gasteiger partial charge in [0, 0.05) is 12.2 Å². The van der Waals surface area contributed by atoms with Crippen LogP contribution in [0.2, 0.25) is 0 Å². The second-order valence-corrected chi connectivity index (χ2v) is 5.16. The Morgan fingerprint density at radius 3 is 2.86 bits per heavy atom. The van der Waals surface area contributed by atoms with Gasteiger partial charge in [-0.2, -0.15) is 0 Å². The summed E-state index contributed by atoms with van der Waals surface area (Å²) in [5.74, 6) is -1.23. The Labute approximate surface area is 120 Å². The quantitative estimate of drug-likeness (QED) is 0.814. The van der Waals surface area contributed by atoms with Gasteiger partial charge < -0.3 is 9.30 Å². The molecule has 0 bridgehead atoms. The SMILES string of the molecule is CCOC(=O)c1cn(C2CC2)c2nc(C)c(F)cc2c1=O. The Kier molecular flexibility index (Phi) is 3.23. The Hall–Kier alpha value is -2.24. The van der Waals surface area contributed by atoms with Gasteiger partial charge in [0.25, 0.3) is 0 Å². The van der Waals surface area contributed by atoms with E-state index >= 15 is 0 Å². The zero-order valence-electron chi connectivity index (χ0n) is 11.9. The van der Waals surface area contributed by atoms with Gasteiger partial charge in [-0.15, -0.1) is 0 Å². The van der Waals surface area contributed by atoms with E-state index in [1.807, 2.05) is 0 Å². The van der Waals surface area contributed by atoms with Gasteiger partial charge in [-0.05, 0) is 32.8 Å². The highest BCUT2D eigenvalue weighted by Gasteiger charge is 2.28. The summed E-state index contributed by atoms with van der Waals surface area (Å²) in [4.78, 5) is 28.5. The molecule has 110 valence electrons. The van der Waals surface area contributed by atoms with Crippen molar-refractivity contribution < 1.29 is 13.9 Å². The van der Waals surface area contributed by atoms with E-state index in [0.717, 1.165) is 18.9 Å². The van der Waals surface area contributed by atoms with E-state index in [2.05, 4.69) is 4.98 Å². The molecule has 6 heteroatoms. The summed E-state index contributed by atoms with van der Waals surface area (Å²) in [6.07, 6.45) is 3.40. The predicted octanol–water partition coefficient (Wildman–Crippen LogP) is 2.36. The highest BCUT2D eigenvalue weighted by atomic mass is 19.1. The van der Waals surface area contributed by atoms with Crippen LogP contribution in [0.5, 0.6) is 0 Å². The van der Waals surface area contributed by atoms with Crippen molar-refractivity contribution in [2.45, 2.75) is 32.7 Å². The Morgan fingerprint density at radius 2 is 2.24 bits per heavy atom. The van der Waals surface area contributed by atoms with Crippen LogP contribution in [0.4, 0.5) is 4.39 Å². The summed E-state index contributed by atoms with van der Waals surface area (Å²) in [7, 11) is 0. The van der Waals surface area contributed by atoms with E-state index in [-0.39, 0.29) is 29.3 Å². The summed E-state index contributed by atoms with van der Waals surface area (Å²) in [6, 6.07) is 1.36. The molecule has 3 rings (SSSR count). The monoisotopic (exact) mass is 290 g/mol. The molecule has 0 amide bonds. The molecule has 2 aromatic rings. The molecule has 2 aromatic heterocycles. The normalized spacial score (nSPS) is 14.4. The third-order valence-electron chi connectivity index (χ3n) is 3.57. The number of aromatic nitrogens is 2. The van der Waals surface area contributed by atoms with Crippen LogP contribution in [0, 0.1) is 12.7 Å². The fourth-order valence-electron chi connectivity index (χ4n) is 2.32. The average Bonchev–Trinajstić information content (AvgIpc) is 3.26. The molecular formula is C15H15FN2O3. The molecule has 0 aliphatic heterocycles. The van der Waals surface area contributed by atoms with Crippen LogP contribution in [0.3, 0.4) is 0 Å². The summed E-state index contributed by atoms with van der Waals surface area (Å²) >= 11 is 0. The third kappa shape index (κ3) is 2.30. The number of rotatable bonds is 3. The van der Waals surface area contributed by atoms with E-state index in [0.29, 0.717) is 5.65 Å². The second kappa shape index (κ2) is 4.95. The minimum Gasteiger partial charge on any atom is -0.462 e. The Morgan fingerprint density at radius 1 is 1.52 bits per heavy atom. The highest BCUT2D eigenvalue weighted by Crippen LogP contribution is 2.36. The van der Waals surface area contributed by atoms with Crippen LogP contribution in [0.25, 0.3) is 11.0 Å². The summed E-state index contributed by atoms with van der Waals surface area (Å²) < 4.78 is 20.4. The molecule has 1 saturated carbocycles. The second-order valence-electron chi connectivity index (χ2n) is 5.16. The summed E-state index contributed by atoms with van der Waals surface area (Å²) in [5, 5.41) is 0.121. The van der Waals surface area contributed by atoms with Gasteiger partial charge in [0.2, 0.25) is 5.43 Å². The molecule has 1 aliphatic carbocycles. The molecule has 1 fully saturated rings. The van der Waals surface area contributed by atoms with E-state index in [4.69, 9.17) is 4.74 Å². The zero-order chi connectivity index (χ0) is 15.1. The minimum absolute atomic E-state index is 0.0682. The number of pyridine rings is 2. The molecule has 0 atom stereocenters. The van der Waals surface area contributed by atoms with E-state index < -0.39 is 17.2 Å². The lowest BCUT2D eigenvalue weighted by Gasteiger charge is -2.12. The van der Waals surface area contributed by atoms with Crippen LogP contribution in [-0.2, 0) is 4.74 Å². The molecule has 0 radical (unpaired) electrons. The van der Waals surface area contributed by atoms with Crippen LogP contribution in [0.15, 0.2) is 17.1 Å². The molecule has 0 spiro atoms. The lowest BCUT2D eigenvalue weighted by molar-refractivity contribution is 0.0524. The lowest BCUT2D eigenvalue weighted by Crippen LogP contribution is -2.21. The Bertz CT molecular complexity index is 794. The number of aryl methyl sites for hydroxylation is 1. The zero-order valence-corrected chi connectivity index (χ0v) is 11.9. The maximum Gasteiger partial charge on any atom is 0.343 e. The maximum absolute atomic E-state index is 13.7. The highest BCUT2D eigenvalue weighted by molar-refractivity contribution is 5.93. The van der Waals surface area contributed by atoms with Gasteiger partial charge in [0.1, 0.15) is 17.0 Å². The third-order valence-corrected chi connectivity index (χ3v) is 3.57. The topological polar surface area (TPSA) is 61.2 Å². The van der Waals surface area contributed by atoms with Gasteiger partial charge >= 0.3 is 5.97 Å². The van der Waals surface area contributed by atoms with Gasteiger partial charge in [-0.1, -0.05) is 0 Å². The molecular weight excluding hydrogens is 275 g/mol. The standard InChI is InChI=1S/C15H15FN2O3/c1-3-21-15(20)11-7-18(9-4-5-9)14-10(13(11)19)6-12(16)8(2)17-14/h6-7,9H,3-5H2,1-2H3. The molecule has 21 heavy (non-hydrogen) atoms. The van der Waals surface area contributed by atoms with Crippen molar-refractivity contribution in [3.63, 3.8) is 0 Å². The predicted molar refractivity (Wildman–Crippen MR) is 74.9 cm³/mol. The molecule has 0 saturated heterocycles. The fourth-order valence-corrected chi connectivity index (χ4v) is 2.32. The number of nitrogens with zero attached hydrogens (tertiary/aromatic N) is 2. The number of fused-ring (bicyclic) bond motifs is 1. The van der Waals surface area contributed by atoms with Gasteiger partial charge in [0.15, 0.2) is 0 Å². The summed E-state index contributed by atoms with van der Waals surface area (Å²) in [6.45, 7) is 3.40. The van der Waals surface area contributed by atoms with Gasteiger partial charge in [0.05, 0.1) is 17.7 Å². The minimum atomic E-state index is -0.681. The Balaban J connectivity index is 2.31. The average molecular weight is 290 g/mol. The molecule has 2 heterocycles. The number of hydrogen-bond donors (Lipinski definition) is 0. The van der Waals surface area contributed by atoms with Crippen molar-refractivity contribution in [1.29, 1.82) is 0 Å². The van der Waals surface area contributed by atoms with E-state index in [1.54, 1.807) is 18.4 Å². The largest absolute Gasteiger partial charge is 0.462 e. The summed E-state index contributed by atoms with van der Waals surface area (Å²) in [5.41, 5.74) is 0.0580. The van der Waals surface area contributed by atoms with Crippen molar-refractivity contribution >= 4 is 17.0 Å². The number of carbonyl (C=O) groups is 1. The van der Waals surface area contributed by atoms with Crippen LogP contribution >= 0.6 is 0 Å². The number of hydrogen-bond acceptors (Lipinski definition) is 4. The molecule has 5 nitrogen and oxygen atoms in total. The molecule has 0 aromatic carbocycles. The smallest absolute Gasteiger partial charge is 0.343 e. The first-order valence-electron chi connectivity index (χ1n) is 6.92. The van der Waals surface area contributed by atoms with E-state index in [1.165, 1.54) is 6.20 Å². The number of ether oxygens (including phenoxy) is 1. The molecule has 0 N–H and O–H groups in total. The number of halogens is 1. The number of esters is 1. The van der Waals surface area contributed by atoms with Crippen molar-refractivity contribution in [2.24, 2.45) is 0 Å². The fraction of sp³-hybridized carbons (Fsp3) is 0.400. The first-order chi connectivity index (χ1) is 10.0. The van der Waals surface area contributed by atoms with Crippen LogP contribution in [-0.4, -0.2) is 22.1 Å². The first kappa shape index (κ1) is 13.7.